The molecule has 36 heavy (non-hydrogen) atoms. The fraction of sp³-hybridized carbons (Fsp3) is 0.188. The summed E-state index contributed by atoms with van der Waals surface area (Å²) in [6.07, 6.45) is 7.02. The minimum Gasteiger partial charge on any atom is -0.358 e. The molecule has 2 fully saturated rings. The summed E-state index contributed by atoms with van der Waals surface area (Å²) in [6.45, 7) is 0. The van der Waals surface area contributed by atoms with E-state index in [4.69, 9.17) is 9.47 Å². The molecule has 0 spiro atoms. The Labute approximate surface area is 215 Å². The quantitative estimate of drug-likeness (QED) is 0.189. The summed E-state index contributed by atoms with van der Waals surface area (Å²) in [7, 11) is -1.03. The molecule has 0 saturated carbocycles. The van der Waals surface area contributed by atoms with Crippen molar-refractivity contribution in [3.8, 4) is 0 Å². The molecule has 0 aromatic heterocycles. The summed E-state index contributed by atoms with van der Waals surface area (Å²) in [6, 6.07) is 43.7. The number of benzene rings is 4. The zero-order chi connectivity index (χ0) is 24.0. The highest BCUT2D eigenvalue weighted by atomic mass is 31.1. The van der Waals surface area contributed by atoms with Gasteiger partial charge >= 0.3 is 0 Å². The van der Waals surface area contributed by atoms with Crippen molar-refractivity contribution in [1.82, 2.24) is 0 Å². The lowest BCUT2D eigenvalue weighted by Gasteiger charge is -2.25. The molecule has 0 amide bonds. The Morgan fingerprint density at radius 3 is 1.00 bits per heavy atom. The Kier molecular flexibility index (Phi) is 5.68. The van der Waals surface area contributed by atoms with Crippen molar-refractivity contribution < 1.29 is 9.47 Å². The molecule has 4 unspecified atom stereocenters. The summed E-state index contributed by atoms with van der Waals surface area (Å²) in [4.78, 5) is 0. The molecule has 2 saturated heterocycles. The van der Waals surface area contributed by atoms with Gasteiger partial charge in [-0.1, -0.05) is 133 Å². The third kappa shape index (κ3) is 4.07. The maximum atomic E-state index is 6.52. The molecule has 2 heterocycles. The standard InChI is InChI=1S/C32H28O2P2/c1-5-13-25(14-6-1)35(26-15-7-2-8-16-26)23-31-21-22-32(30(34-32)29(31)33-31)24-36(27-17-9-3-10-18-27)28-19-11-4-12-20-28/h1-22,29-30H,23-24H2. The molecule has 178 valence electrons. The summed E-state index contributed by atoms with van der Waals surface area (Å²) < 4.78 is 13.0. The topological polar surface area (TPSA) is 25.1 Å². The van der Waals surface area contributed by atoms with Gasteiger partial charge in [0.1, 0.15) is 23.4 Å². The van der Waals surface area contributed by atoms with Crippen LogP contribution >= 0.6 is 15.8 Å². The maximum absolute atomic E-state index is 6.52. The average Bonchev–Trinajstić information content (AvgIpc) is 3.86. The Bertz CT molecular complexity index is 1180. The van der Waals surface area contributed by atoms with E-state index in [1.165, 1.54) is 21.2 Å². The second kappa shape index (κ2) is 9.05. The number of rotatable bonds is 8. The van der Waals surface area contributed by atoms with Crippen LogP contribution in [-0.4, -0.2) is 35.7 Å². The fourth-order valence-electron chi connectivity index (χ4n) is 5.54. The van der Waals surface area contributed by atoms with E-state index in [0.717, 1.165) is 12.3 Å². The highest BCUT2D eigenvalue weighted by molar-refractivity contribution is 7.73. The van der Waals surface area contributed by atoms with Crippen LogP contribution in [0.5, 0.6) is 0 Å². The molecule has 2 aliphatic heterocycles. The molecular formula is C32H28O2P2. The number of epoxide rings is 2. The average molecular weight is 507 g/mol. The van der Waals surface area contributed by atoms with Gasteiger partial charge in [0.25, 0.3) is 0 Å². The van der Waals surface area contributed by atoms with E-state index < -0.39 is 15.8 Å². The van der Waals surface area contributed by atoms with Crippen molar-refractivity contribution in [1.29, 1.82) is 0 Å². The summed E-state index contributed by atoms with van der Waals surface area (Å²) in [5.41, 5.74) is -0.408. The SMILES string of the molecule is C1=CC2(CP(c3ccccc3)c3ccccc3)OC2C2OC12CP(c1ccccc1)c1ccccc1. The molecule has 0 N–H and O–H groups in total. The number of fused-ring (bicyclic) bond motifs is 3. The molecule has 7 rings (SSSR count). The van der Waals surface area contributed by atoms with Gasteiger partial charge in [-0.3, -0.25) is 0 Å². The zero-order valence-corrected chi connectivity index (χ0v) is 21.8. The van der Waals surface area contributed by atoms with Gasteiger partial charge in [-0.15, -0.1) is 0 Å². The van der Waals surface area contributed by atoms with Crippen LogP contribution in [-0.2, 0) is 9.47 Å². The Balaban J connectivity index is 1.16. The minimum absolute atomic E-state index is 0.156. The van der Waals surface area contributed by atoms with Crippen LogP contribution in [0.2, 0.25) is 0 Å². The molecule has 4 aromatic carbocycles. The van der Waals surface area contributed by atoms with Gasteiger partial charge < -0.3 is 9.47 Å². The Morgan fingerprint density at radius 1 is 0.444 bits per heavy atom. The van der Waals surface area contributed by atoms with Crippen LogP contribution in [0.15, 0.2) is 133 Å². The van der Waals surface area contributed by atoms with Crippen LogP contribution in [0, 0.1) is 0 Å². The van der Waals surface area contributed by atoms with Gasteiger partial charge in [0.05, 0.1) is 0 Å². The lowest BCUT2D eigenvalue weighted by atomic mass is 9.91. The number of hydrogen-bond acceptors (Lipinski definition) is 2. The maximum Gasteiger partial charge on any atom is 0.121 e. The lowest BCUT2D eigenvalue weighted by molar-refractivity contribution is 0.289. The molecule has 4 heteroatoms. The van der Waals surface area contributed by atoms with E-state index in [1.54, 1.807) is 0 Å². The van der Waals surface area contributed by atoms with Gasteiger partial charge in [0.15, 0.2) is 0 Å². The van der Waals surface area contributed by atoms with Gasteiger partial charge in [-0.2, -0.15) is 0 Å². The molecular weight excluding hydrogens is 478 g/mol. The van der Waals surface area contributed by atoms with Gasteiger partial charge in [-0.05, 0) is 37.1 Å². The van der Waals surface area contributed by atoms with E-state index in [2.05, 4.69) is 133 Å². The van der Waals surface area contributed by atoms with E-state index >= 15 is 0 Å². The lowest BCUT2D eigenvalue weighted by Crippen LogP contribution is -2.34. The third-order valence-corrected chi connectivity index (χ3v) is 12.9. The normalized spacial score (nSPS) is 27.5. The first kappa shape index (κ1) is 22.6. The van der Waals surface area contributed by atoms with Gasteiger partial charge in [-0.25, -0.2) is 0 Å². The molecule has 4 atom stereocenters. The van der Waals surface area contributed by atoms with Crippen LogP contribution in [0.25, 0.3) is 0 Å². The Hall–Kier alpha value is -2.60. The van der Waals surface area contributed by atoms with E-state index in [0.29, 0.717) is 0 Å². The molecule has 2 nitrogen and oxygen atoms in total. The predicted octanol–water partition coefficient (Wildman–Crippen LogP) is 5.10. The van der Waals surface area contributed by atoms with Crippen molar-refractivity contribution in [2.45, 2.75) is 23.4 Å². The number of ether oxygens (including phenoxy) is 2. The first-order chi connectivity index (χ1) is 17.8. The molecule has 0 bridgehead atoms. The largest absolute Gasteiger partial charge is 0.358 e. The summed E-state index contributed by atoms with van der Waals surface area (Å²) in [5, 5.41) is 5.61. The van der Waals surface area contributed by atoms with Crippen LogP contribution in [0.4, 0.5) is 0 Å². The van der Waals surface area contributed by atoms with Gasteiger partial charge in [0, 0.05) is 12.3 Å². The van der Waals surface area contributed by atoms with Gasteiger partial charge in [0.2, 0.25) is 0 Å². The monoisotopic (exact) mass is 506 g/mol. The molecule has 4 aromatic rings. The second-order valence-corrected chi connectivity index (χ2v) is 14.2. The molecule has 3 aliphatic rings. The van der Waals surface area contributed by atoms with Crippen molar-refractivity contribution in [3.05, 3.63) is 133 Å². The molecule has 1 aliphatic carbocycles. The Morgan fingerprint density at radius 2 is 0.722 bits per heavy atom. The highest BCUT2D eigenvalue weighted by Gasteiger charge is 2.74. The van der Waals surface area contributed by atoms with Crippen molar-refractivity contribution >= 4 is 37.1 Å². The first-order valence-electron chi connectivity index (χ1n) is 12.6. The minimum atomic E-state index is -0.515. The summed E-state index contributed by atoms with van der Waals surface area (Å²) >= 11 is 0. The van der Waals surface area contributed by atoms with Crippen molar-refractivity contribution in [3.63, 3.8) is 0 Å². The zero-order valence-electron chi connectivity index (χ0n) is 20.0. The van der Waals surface area contributed by atoms with E-state index in [1.807, 2.05) is 0 Å². The number of hydrogen-bond donors (Lipinski definition) is 0. The van der Waals surface area contributed by atoms with Crippen LogP contribution in [0.1, 0.15) is 0 Å². The smallest absolute Gasteiger partial charge is 0.121 e. The van der Waals surface area contributed by atoms with Crippen molar-refractivity contribution in [2.75, 3.05) is 12.3 Å². The highest BCUT2D eigenvalue weighted by Crippen LogP contribution is 2.62. The van der Waals surface area contributed by atoms with E-state index in [-0.39, 0.29) is 23.4 Å². The van der Waals surface area contributed by atoms with Crippen LogP contribution < -0.4 is 21.2 Å². The summed E-state index contributed by atoms with van der Waals surface area (Å²) in [5.74, 6) is 0. The first-order valence-corrected chi connectivity index (χ1v) is 15.6. The van der Waals surface area contributed by atoms with Crippen molar-refractivity contribution in [2.24, 2.45) is 0 Å². The second-order valence-electron chi connectivity index (χ2n) is 9.83. The fourth-order valence-corrected chi connectivity index (χ4v) is 10.7. The molecule has 0 radical (unpaired) electrons. The predicted molar refractivity (Wildman–Crippen MR) is 152 cm³/mol. The van der Waals surface area contributed by atoms with E-state index in [9.17, 15) is 0 Å². The third-order valence-electron chi connectivity index (χ3n) is 7.55. The van der Waals surface area contributed by atoms with Crippen LogP contribution in [0.3, 0.4) is 0 Å².